The van der Waals surface area contributed by atoms with Crippen molar-refractivity contribution in [1.29, 1.82) is 0 Å². The SMILES string of the molecule is COCCOC(=O)Nc1c(C)cc(N2CCCc3c2cccc3C(F)(F)F)nc1C. The summed E-state index contributed by atoms with van der Waals surface area (Å²) in [6.07, 6.45) is -4.06. The number of hydrogen-bond donors (Lipinski definition) is 1. The highest BCUT2D eigenvalue weighted by molar-refractivity contribution is 5.87. The van der Waals surface area contributed by atoms with Gasteiger partial charge in [-0.15, -0.1) is 0 Å². The summed E-state index contributed by atoms with van der Waals surface area (Å²) >= 11 is 0. The number of amides is 1. The number of aromatic nitrogens is 1. The second-order valence-electron chi connectivity index (χ2n) is 7.07. The standard InChI is InChI=1S/C21H24F3N3O3/c1-13-12-18(25-14(2)19(13)26-20(28)30-11-10-29-3)27-9-5-6-15-16(21(22,23)24)7-4-8-17(15)27/h4,7-8,12H,5-6,9-11H2,1-3H3,(H,26,28). The van der Waals surface area contributed by atoms with Crippen molar-refractivity contribution in [2.75, 3.05) is 37.1 Å². The van der Waals surface area contributed by atoms with Gasteiger partial charge in [0.1, 0.15) is 12.4 Å². The first-order chi connectivity index (χ1) is 14.2. The fourth-order valence-corrected chi connectivity index (χ4v) is 3.62. The van der Waals surface area contributed by atoms with E-state index in [-0.39, 0.29) is 18.8 Å². The van der Waals surface area contributed by atoms with Crippen molar-refractivity contribution in [2.24, 2.45) is 0 Å². The minimum absolute atomic E-state index is 0.123. The Hall–Kier alpha value is -2.81. The Bertz CT molecular complexity index is 908. The molecule has 3 rings (SSSR count). The van der Waals surface area contributed by atoms with E-state index >= 15 is 0 Å². The first kappa shape index (κ1) is 21.9. The molecule has 1 aromatic carbocycles. The summed E-state index contributed by atoms with van der Waals surface area (Å²) < 4.78 is 50.1. The molecule has 0 atom stereocenters. The van der Waals surface area contributed by atoms with Crippen LogP contribution in [0.2, 0.25) is 0 Å². The Kier molecular flexibility index (Phi) is 6.50. The van der Waals surface area contributed by atoms with E-state index in [1.807, 2.05) is 0 Å². The molecule has 2 heterocycles. The molecular formula is C21H24F3N3O3. The van der Waals surface area contributed by atoms with Crippen molar-refractivity contribution in [3.8, 4) is 0 Å². The molecule has 162 valence electrons. The van der Waals surface area contributed by atoms with Gasteiger partial charge >= 0.3 is 12.3 Å². The molecule has 2 aromatic rings. The topological polar surface area (TPSA) is 63.7 Å². The molecule has 0 aliphatic carbocycles. The van der Waals surface area contributed by atoms with Gasteiger partial charge in [-0.05, 0) is 56.0 Å². The van der Waals surface area contributed by atoms with Crippen LogP contribution in [0.5, 0.6) is 0 Å². The van der Waals surface area contributed by atoms with Gasteiger partial charge in [0.25, 0.3) is 0 Å². The Morgan fingerprint density at radius 2 is 2.03 bits per heavy atom. The molecule has 6 nitrogen and oxygen atoms in total. The van der Waals surface area contributed by atoms with E-state index in [0.717, 1.165) is 11.6 Å². The summed E-state index contributed by atoms with van der Waals surface area (Å²) in [5, 5.41) is 2.67. The van der Waals surface area contributed by atoms with E-state index in [4.69, 9.17) is 9.47 Å². The third kappa shape index (κ3) is 4.67. The van der Waals surface area contributed by atoms with Crippen molar-refractivity contribution in [1.82, 2.24) is 4.98 Å². The number of ether oxygens (including phenoxy) is 2. The summed E-state index contributed by atoms with van der Waals surface area (Å²) in [5.41, 5.74) is 2.00. The number of alkyl halides is 3. The molecule has 1 aromatic heterocycles. The van der Waals surface area contributed by atoms with Gasteiger partial charge in [-0.1, -0.05) is 6.07 Å². The maximum atomic E-state index is 13.4. The van der Waals surface area contributed by atoms with E-state index in [2.05, 4.69) is 10.3 Å². The second-order valence-corrected chi connectivity index (χ2v) is 7.07. The van der Waals surface area contributed by atoms with E-state index in [0.29, 0.717) is 42.3 Å². The average Bonchev–Trinajstić information content (AvgIpc) is 2.69. The smallest absolute Gasteiger partial charge is 0.416 e. The Balaban J connectivity index is 1.89. The maximum absolute atomic E-state index is 13.4. The van der Waals surface area contributed by atoms with Crippen LogP contribution in [0.25, 0.3) is 0 Å². The third-order valence-electron chi connectivity index (χ3n) is 4.96. The number of methoxy groups -OCH3 is 1. The number of halogens is 3. The summed E-state index contributed by atoms with van der Waals surface area (Å²) in [7, 11) is 1.51. The lowest BCUT2D eigenvalue weighted by Gasteiger charge is -2.32. The minimum Gasteiger partial charge on any atom is -0.447 e. The van der Waals surface area contributed by atoms with Crippen molar-refractivity contribution in [3.05, 3.63) is 46.6 Å². The van der Waals surface area contributed by atoms with Gasteiger partial charge in [0.2, 0.25) is 0 Å². The van der Waals surface area contributed by atoms with Gasteiger partial charge in [0.15, 0.2) is 0 Å². The Morgan fingerprint density at radius 3 is 2.70 bits per heavy atom. The predicted octanol–water partition coefficient (Wildman–Crippen LogP) is 5.00. The zero-order valence-corrected chi connectivity index (χ0v) is 17.1. The van der Waals surface area contributed by atoms with Crippen molar-refractivity contribution in [3.63, 3.8) is 0 Å². The zero-order valence-electron chi connectivity index (χ0n) is 17.1. The quantitative estimate of drug-likeness (QED) is 0.686. The van der Waals surface area contributed by atoms with Crippen LogP contribution >= 0.6 is 0 Å². The number of benzene rings is 1. The number of carbonyl (C=O) groups excluding carboxylic acids is 1. The van der Waals surface area contributed by atoms with Crippen LogP contribution in [-0.4, -0.2) is 37.9 Å². The van der Waals surface area contributed by atoms with Crippen LogP contribution in [0, 0.1) is 13.8 Å². The number of aryl methyl sites for hydroxylation is 2. The number of nitrogens with zero attached hydrogens (tertiary/aromatic N) is 2. The normalized spacial score (nSPS) is 13.7. The number of rotatable bonds is 5. The van der Waals surface area contributed by atoms with Crippen LogP contribution in [0.4, 0.5) is 35.2 Å². The first-order valence-electron chi connectivity index (χ1n) is 9.60. The van der Waals surface area contributed by atoms with Gasteiger partial charge in [0.05, 0.1) is 23.6 Å². The number of nitrogens with one attached hydrogen (secondary N) is 1. The molecule has 0 fully saturated rings. The van der Waals surface area contributed by atoms with Crippen molar-refractivity contribution < 1.29 is 27.4 Å². The highest BCUT2D eigenvalue weighted by atomic mass is 19.4. The number of pyridine rings is 1. The van der Waals surface area contributed by atoms with Crippen LogP contribution in [0.1, 0.15) is 28.8 Å². The van der Waals surface area contributed by atoms with Gasteiger partial charge in [-0.3, -0.25) is 5.32 Å². The van der Waals surface area contributed by atoms with Gasteiger partial charge in [-0.2, -0.15) is 13.2 Å². The number of fused-ring (bicyclic) bond motifs is 1. The lowest BCUT2D eigenvalue weighted by molar-refractivity contribution is -0.138. The predicted molar refractivity (Wildman–Crippen MR) is 107 cm³/mol. The van der Waals surface area contributed by atoms with Gasteiger partial charge in [0, 0.05) is 19.3 Å². The summed E-state index contributed by atoms with van der Waals surface area (Å²) in [4.78, 5) is 18.3. The highest BCUT2D eigenvalue weighted by Gasteiger charge is 2.36. The van der Waals surface area contributed by atoms with E-state index < -0.39 is 17.8 Å². The van der Waals surface area contributed by atoms with Crippen molar-refractivity contribution in [2.45, 2.75) is 32.9 Å². The zero-order chi connectivity index (χ0) is 21.9. The molecule has 0 saturated heterocycles. The summed E-state index contributed by atoms with van der Waals surface area (Å²) in [5.74, 6) is 0.545. The number of hydrogen-bond acceptors (Lipinski definition) is 5. The molecule has 9 heteroatoms. The lowest BCUT2D eigenvalue weighted by Crippen LogP contribution is -2.28. The lowest BCUT2D eigenvalue weighted by atomic mass is 9.95. The minimum atomic E-state index is -4.40. The van der Waals surface area contributed by atoms with E-state index in [1.54, 1.807) is 30.9 Å². The second kappa shape index (κ2) is 8.91. The average molecular weight is 423 g/mol. The molecule has 0 bridgehead atoms. The molecule has 0 spiro atoms. The fourth-order valence-electron chi connectivity index (χ4n) is 3.62. The van der Waals surface area contributed by atoms with Crippen molar-refractivity contribution >= 4 is 23.3 Å². The maximum Gasteiger partial charge on any atom is 0.416 e. The van der Waals surface area contributed by atoms with E-state index in [1.165, 1.54) is 13.2 Å². The monoisotopic (exact) mass is 423 g/mol. The fraction of sp³-hybridized carbons (Fsp3) is 0.429. The molecule has 1 N–H and O–H groups in total. The molecule has 0 radical (unpaired) electrons. The number of carbonyl (C=O) groups is 1. The Labute approximate surface area is 173 Å². The molecule has 1 amide bonds. The molecular weight excluding hydrogens is 399 g/mol. The third-order valence-corrected chi connectivity index (χ3v) is 4.96. The van der Waals surface area contributed by atoms with Gasteiger partial charge < -0.3 is 14.4 Å². The summed E-state index contributed by atoms with van der Waals surface area (Å²) in [6.45, 7) is 4.51. The van der Waals surface area contributed by atoms with Crippen LogP contribution in [0.3, 0.4) is 0 Å². The Morgan fingerprint density at radius 1 is 1.27 bits per heavy atom. The van der Waals surface area contributed by atoms with Crippen LogP contribution < -0.4 is 10.2 Å². The molecule has 30 heavy (non-hydrogen) atoms. The first-order valence-corrected chi connectivity index (χ1v) is 9.60. The molecule has 0 unspecified atom stereocenters. The van der Waals surface area contributed by atoms with Gasteiger partial charge in [-0.25, -0.2) is 9.78 Å². The molecule has 0 saturated carbocycles. The largest absolute Gasteiger partial charge is 0.447 e. The highest BCUT2D eigenvalue weighted by Crippen LogP contribution is 2.41. The van der Waals surface area contributed by atoms with Crippen LogP contribution in [-0.2, 0) is 22.1 Å². The van der Waals surface area contributed by atoms with Crippen LogP contribution in [0.15, 0.2) is 24.3 Å². The molecule has 1 aliphatic rings. The number of anilines is 3. The molecule has 1 aliphatic heterocycles. The summed E-state index contributed by atoms with van der Waals surface area (Å²) in [6, 6.07) is 5.99. The van der Waals surface area contributed by atoms with E-state index in [9.17, 15) is 18.0 Å².